The number of rotatable bonds is 59. The van der Waals surface area contributed by atoms with Gasteiger partial charge < -0.3 is 5.53 Å². The molecule has 0 atom stereocenters. The van der Waals surface area contributed by atoms with Crippen LogP contribution in [0, 0.1) is 0 Å². The van der Waals surface area contributed by atoms with Crippen LogP contribution in [-0.2, 0) is 74.6 Å². The molecule has 0 saturated carbocycles. The molecule has 1 heterocycles. The molecular weight excluding hydrogens is 1180 g/mol. The third-order valence-corrected chi connectivity index (χ3v) is 20.3. The number of allylic oxidation sites excluding steroid dienone is 2. The van der Waals surface area contributed by atoms with Crippen molar-refractivity contribution in [1.29, 1.82) is 0 Å². The first kappa shape index (κ1) is 81.8. The molecule has 4 aromatic carbocycles. The van der Waals surface area contributed by atoms with Crippen molar-refractivity contribution >= 4 is 11.4 Å². The van der Waals surface area contributed by atoms with Crippen molar-refractivity contribution in [2.75, 3.05) is 0 Å². The van der Waals surface area contributed by atoms with Gasteiger partial charge in [0.15, 0.2) is 0 Å². The zero-order valence-corrected chi connectivity index (χ0v) is 62.7. The molecule has 0 spiro atoms. The first-order valence-corrected chi connectivity index (χ1v) is 40.9. The van der Waals surface area contributed by atoms with Crippen molar-refractivity contribution in [1.82, 2.24) is 0 Å². The maximum atomic E-state index is 12.7. The van der Waals surface area contributed by atoms with Gasteiger partial charge in [0.1, 0.15) is 0 Å². The van der Waals surface area contributed by atoms with E-state index in [1.54, 1.807) is 38.1 Å². The van der Waals surface area contributed by atoms with Gasteiger partial charge in [-0.3, -0.25) is 0 Å². The Balaban J connectivity index is 0.000000926. The molecule has 0 radical (unpaired) electrons. The average Bonchev–Trinajstić information content (AvgIpc) is 1.67. The van der Waals surface area contributed by atoms with E-state index in [2.05, 4.69) is 78.8 Å². The van der Waals surface area contributed by atoms with Gasteiger partial charge in [0.05, 0.1) is 0 Å². The normalized spacial score (nSPS) is 12.4. The van der Waals surface area contributed by atoms with Crippen LogP contribution < -0.4 is 0 Å². The fourth-order valence-corrected chi connectivity index (χ4v) is 14.4. The quantitative estimate of drug-likeness (QED) is 0.0251. The molecule has 0 saturated heterocycles. The Kier molecular flexibility index (Phi) is 49.6. The van der Waals surface area contributed by atoms with Gasteiger partial charge in [-0.05, 0) is 148 Å². The Bertz CT molecular complexity index is 2410. The van der Waals surface area contributed by atoms with E-state index in [1.807, 2.05) is 60.7 Å². The number of hydrogen-bond acceptors (Lipinski definition) is 2. The number of unbranched alkanes of at least 4 members (excludes halogenated alkanes) is 37. The molecule has 1 aliphatic rings. The van der Waals surface area contributed by atoms with Crippen molar-refractivity contribution in [3.63, 3.8) is 0 Å². The predicted molar refractivity (Wildman–Crippen MR) is 404 cm³/mol. The number of hydrogen-bond donors (Lipinski definition) is 0. The Hall–Kier alpha value is -3.63. The first-order valence-electron chi connectivity index (χ1n) is 40.1. The monoisotopic (exact) mass is 1320 g/mol. The third-order valence-electron chi connectivity index (χ3n) is 19.7. The molecule has 4 nitrogen and oxygen atoms in total. The zero-order chi connectivity index (χ0) is 66.3. The van der Waals surface area contributed by atoms with Crippen LogP contribution >= 0.6 is 0 Å². The van der Waals surface area contributed by atoms with Gasteiger partial charge in [0.2, 0.25) is 11.4 Å². The van der Waals surface area contributed by atoms with Crippen LogP contribution in [0.1, 0.15) is 393 Å². The maximum absolute atomic E-state index is 12.7. The summed E-state index contributed by atoms with van der Waals surface area (Å²) in [5.41, 5.74) is 30.3. The number of benzene rings is 4. The van der Waals surface area contributed by atoms with Crippen molar-refractivity contribution in [3.8, 4) is 0 Å². The van der Waals surface area contributed by atoms with Gasteiger partial charge >= 0.3 is 108 Å². The standard InChI is InChI=1S/C74H128N2.2C7H7O.Ni/c1-8-15-22-24-26-28-30-32-34-36-38-40-42-44-46-48-50-57-71-64(52-17-10-3)59-69(60-65(71)53-18-11-4)73-63-68(56-21-14-7)74(76(73)75)70-61-66(54-19-12-5)72(67(62-70)55-20-13-6)58-51-49-47-45-43-41-39-37-35-33-31-29-27-25-23-16-9-2;2*8-6-7-4-2-1-3-5-7;/h59-63H,8-58H2,1-7H3;2*1-5H,6H2;/q;2*-1;+2. The Morgan fingerprint density at radius 2 is 0.570 bits per heavy atom. The molecule has 93 heavy (non-hydrogen) atoms. The van der Waals surface area contributed by atoms with Crippen molar-refractivity contribution < 1.29 is 27.5 Å². The average molecular weight is 1320 g/mol. The molecule has 5 rings (SSSR count). The van der Waals surface area contributed by atoms with Gasteiger partial charge in [0, 0.05) is 22.8 Å². The summed E-state index contributed by atoms with van der Waals surface area (Å²) >= 11 is 0.863. The second kappa shape index (κ2) is 56.4. The number of nitrogens with zero attached hydrogens (tertiary/aromatic N) is 2. The van der Waals surface area contributed by atoms with Gasteiger partial charge in [-0.1, -0.05) is 286 Å². The van der Waals surface area contributed by atoms with E-state index in [9.17, 15) is 5.53 Å². The summed E-state index contributed by atoms with van der Waals surface area (Å²) in [4.78, 5) is 0. The van der Waals surface area contributed by atoms with E-state index in [4.69, 9.17) is 7.76 Å². The van der Waals surface area contributed by atoms with E-state index < -0.39 is 0 Å². The minimum atomic E-state index is 0.565. The molecule has 1 aliphatic heterocycles. The summed E-state index contributed by atoms with van der Waals surface area (Å²) in [7, 11) is 0. The van der Waals surface area contributed by atoms with Gasteiger partial charge in [0.25, 0.3) is 0 Å². The van der Waals surface area contributed by atoms with Crippen LogP contribution in [0.25, 0.3) is 16.9 Å². The van der Waals surface area contributed by atoms with Crippen molar-refractivity contribution in [2.45, 2.75) is 389 Å². The molecule has 0 bridgehead atoms. The van der Waals surface area contributed by atoms with E-state index in [0.717, 1.165) is 82.5 Å². The molecule has 0 unspecified atom stereocenters. The molecular formula is C88H142N2NiO2. The molecule has 0 N–H and O–H groups in total. The summed E-state index contributed by atoms with van der Waals surface area (Å²) in [5, 5.41) is 0. The van der Waals surface area contributed by atoms with Crippen LogP contribution in [0.5, 0.6) is 0 Å². The summed E-state index contributed by atoms with van der Waals surface area (Å²) in [6.45, 7) is 17.5. The first-order chi connectivity index (χ1) is 45.9. The summed E-state index contributed by atoms with van der Waals surface area (Å²) < 4.78 is 12.4. The topological polar surface area (TPSA) is 43.8 Å². The summed E-state index contributed by atoms with van der Waals surface area (Å²) in [5.74, 6) is 0. The van der Waals surface area contributed by atoms with Crippen LogP contribution in [0.3, 0.4) is 0 Å². The fraction of sp³-hybridized carbons (Fsp3) is 0.682. The third kappa shape index (κ3) is 36.5. The molecule has 0 amide bonds. The van der Waals surface area contributed by atoms with E-state index in [1.165, 1.54) is 299 Å². The molecule has 5 heteroatoms. The van der Waals surface area contributed by atoms with Crippen LogP contribution in [-0.4, -0.2) is 4.70 Å². The van der Waals surface area contributed by atoms with Crippen LogP contribution in [0.4, 0.5) is 0 Å². The van der Waals surface area contributed by atoms with E-state index in [-0.39, 0.29) is 0 Å². The van der Waals surface area contributed by atoms with Gasteiger partial charge in [-0.25, -0.2) is 4.70 Å². The van der Waals surface area contributed by atoms with Crippen molar-refractivity contribution in [3.05, 3.63) is 158 Å². The molecule has 0 fully saturated rings. The van der Waals surface area contributed by atoms with Crippen molar-refractivity contribution in [2.24, 2.45) is 0 Å². The SMILES string of the molecule is CCCCCCCCCCCCCCCCCCCc1c(CCCC)cc(C2=CC(CCCC)=C(c3cc(CCCC)c(CCCCCCCCCCCCCCCCCCC)c(CCCC)c3)[N+]2=[N-])cc1CCCC.c1ccc(C[O][Ni][O]Cc2ccccc2)cc1. The van der Waals surface area contributed by atoms with E-state index in [0.29, 0.717) is 13.2 Å². The minimum absolute atomic E-state index is 0.565. The second-order valence-electron chi connectivity index (χ2n) is 28.1. The Morgan fingerprint density at radius 1 is 0.301 bits per heavy atom. The molecule has 4 aromatic rings. The van der Waals surface area contributed by atoms with Gasteiger partial charge in [-0.15, -0.1) is 0 Å². The Labute approximate surface area is 582 Å². The summed E-state index contributed by atoms with van der Waals surface area (Å²) in [6, 6.07) is 30.2. The Morgan fingerprint density at radius 3 is 0.871 bits per heavy atom. The van der Waals surface area contributed by atoms with Crippen LogP contribution in [0.2, 0.25) is 0 Å². The molecule has 0 aliphatic carbocycles. The zero-order valence-electron chi connectivity index (χ0n) is 61.7. The molecule has 0 aromatic heterocycles. The van der Waals surface area contributed by atoms with Crippen LogP contribution in [0.15, 0.2) is 96.6 Å². The van der Waals surface area contributed by atoms with E-state index >= 15 is 0 Å². The predicted octanol–water partition coefficient (Wildman–Crippen LogP) is 28.8. The summed E-state index contributed by atoms with van der Waals surface area (Å²) in [6.07, 6.45) is 70.7. The molecule has 526 valence electrons. The number of aryl methyl sites for hydroxylation is 4. The second-order valence-corrected chi connectivity index (χ2v) is 28.8. The van der Waals surface area contributed by atoms with Gasteiger partial charge in [-0.2, -0.15) is 0 Å². The fourth-order valence-electron chi connectivity index (χ4n) is 13.9.